The minimum absolute atomic E-state index is 0.147. The van der Waals surface area contributed by atoms with Gasteiger partial charge in [-0.3, -0.25) is 9.59 Å². The van der Waals surface area contributed by atoms with E-state index in [4.69, 9.17) is 4.74 Å². The predicted octanol–water partition coefficient (Wildman–Crippen LogP) is 4.46. The van der Waals surface area contributed by atoms with E-state index in [0.29, 0.717) is 24.6 Å². The number of thiophene rings is 1. The molecule has 0 spiro atoms. The number of hydrogen-bond donors (Lipinski definition) is 1. The highest BCUT2D eigenvalue weighted by Gasteiger charge is 2.43. The van der Waals surface area contributed by atoms with Crippen LogP contribution >= 0.6 is 11.3 Å². The zero-order valence-corrected chi connectivity index (χ0v) is 19.2. The van der Waals surface area contributed by atoms with Gasteiger partial charge in [-0.25, -0.2) is 0 Å². The molecule has 0 saturated heterocycles. The normalized spacial score (nSPS) is 16.5. The number of amides is 1. The van der Waals surface area contributed by atoms with Crippen LogP contribution in [0.15, 0.2) is 53.1 Å². The number of Topliss-reactive ketones (excluding diaryl/α,β-unsaturated/α-hetero) is 1. The molecule has 2 heterocycles. The van der Waals surface area contributed by atoms with E-state index in [2.05, 4.69) is 18.7 Å². The van der Waals surface area contributed by atoms with Gasteiger partial charge < -0.3 is 19.6 Å². The Balaban J connectivity index is 1.95. The summed E-state index contributed by atoms with van der Waals surface area (Å²) >= 11 is 1.30. The summed E-state index contributed by atoms with van der Waals surface area (Å²) in [7, 11) is 0. The Morgan fingerprint density at radius 2 is 1.87 bits per heavy atom. The van der Waals surface area contributed by atoms with Crippen LogP contribution in [0, 0.1) is 0 Å². The number of carbonyl (C=O) groups is 2. The molecular formula is C24H30N2O4S. The number of aliphatic hydroxyl groups is 1. The maximum Gasteiger partial charge on any atom is 0.290 e. The maximum absolute atomic E-state index is 13.2. The Morgan fingerprint density at radius 1 is 1.16 bits per heavy atom. The van der Waals surface area contributed by atoms with Gasteiger partial charge in [0.2, 0.25) is 5.78 Å². The van der Waals surface area contributed by atoms with Crippen molar-refractivity contribution in [3.8, 4) is 5.75 Å². The van der Waals surface area contributed by atoms with E-state index in [1.54, 1.807) is 17.0 Å². The summed E-state index contributed by atoms with van der Waals surface area (Å²) < 4.78 is 5.67. The molecule has 0 fully saturated rings. The first kappa shape index (κ1) is 23.0. The third-order valence-corrected chi connectivity index (χ3v) is 6.38. The average Bonchev–Trinajstić information content (AvgIpc) is 3.41. The van der Waals surface area contributed by atoms with Crippen molar-refractivity contribution in [2.75, 3.05) is 32.8 Å². The molecule has 1 atom stereocenters. The lowest BCUT2D eigenvalue weighted by Crippen LogP contribution is -2.38. The monoisotopic (exact) mass is 442 g/mol. The Bertz CT molecular complexity index is 918. The number of ether oxygens (including phenoxy) is 1. The van der Waals surface area contributed by atoms with Gasteiger partial charge in [0.15, 0.2) is 5.76 Å². The molecule has 1 aromatic carbocycles. The molecule has 3 rings (SSSR count). The predicted molar refractivity (Wildman–Crippen MR) is 123 cm³/mol. The van der Waals surface area contributed by atoms with Gasteiger partial charge in [0, 0.05) is 13.1 Å². The molecule has 1 amide bonds. The van der Waals surface area contributed by atoms with Gasteiger partial charge in [-0.2, -0.15) is 0 Å². The fraction of sp³-hybridized carbons (Fsp3) is 0.417. The average molecular weight is 443 g/mol. The number of carbonyl (C=O) groups excluding carboxylic acids is 2. The van der Waals surface area contributed by atoms with Crippen molar-refractivity contribution >= 4 is 23.0 Å². The van der Waals surface area contributed by atoms with Crippen LogP contribution in [0.2, 0.25) is 0 Å². The molecule has 0 bridgehead atoms. The van der Waals surface area contributed by atoms with Crippen molar-refractivity contribution < 1.29 is 19.4 Å². The molecule has 7 heteroatoms. The standard InChI is InChI=1S/C24H30N2O4S/c1-4-15-30-18-11-9-17(10-12-18)21-20(22(27)19-8-7-16-31-19)23(28)24(29)26(21)14-13-25(5-2)6-3/h7-12,16,21,28H,4-6,13-15H2,1-3H3/t21-/m1/s1. The van der Waals surface area contributed by atoms with Crippen molar-refractivity contribution in [2.45, 2.75) is 33.2 Å². The summed E-state index contributed by atoms with van der Waals surface area (Å²) in [5.41, 5.74) is 0.926. The molecule has 1 aromatic heterocycles. The van der Waals surface area contributed by atoms with E-state index in [9.17, 15) is 14.7 Å². The van der Waals surface area contributed by atoms with Gasteiger partial charge in [0.25, 0.3) is 5.91 Å². The van der Waals surface area contributed by atoms with Crippen molar-refractivity contribution in [2.24, 2.45) is 0 Å². The molecular weight excluding hydrogens is 412 g/mol. The lowest BCUT2D eigenvalue weighted by Gasteiger charge is -2.29. The smallest absolute Gasteiger partial charge is 0.290 e. The van der Waals surface area contributed by atoms with Crippen LogP contribution in [0.1, 0.15) is 48.5 Å². The number of nitrogens with zero attached hydrogens (tertiary/aromatic N) is 2. The number of aliphatic hydroxyl groups excluding tert-OH is 1. The van der Waals surface area contributed by atoms with Gasteiger partial charge in [-0.05, 0) is 48.7 Å². The van der Waals surface area contributed by atoms with Crippen LogP contribution in [0.4, 0.5) is 0 Å². The van der Waals surface area contributed by atoms with E-state index in [1.807, 2.05) is 36.6 Å². The summed E-state index contributed by atoms with van der Waals surface area (Å²) in [5.74, 6) is -0.510. The minimum atomic E-state index is -0.627. The van der Waals surface area contributed by atoms with Crippen LogP contribution < -0.4 is 4.74 Å². The molecule has 1 N–H and O–H groups in total. The highest BCUT2D eigenvalue weighted by molar-refractivity contribution is 7.12. The fourth-order valence-corrected chi connectivity index (χ4v) is 4.44. The molecule has 0 radical (unpaired) electrons. The lowest BCUT2D eigenvalue weighted by molar-refractivity contribution is -0.129. The molecule has 6 nitrogen and oxygen atoms in total. The summed E-state index contributed by atoms with van der Waals surface area (Å²) in [5, 5.41) is 12.5. The first-order valence-electron chi connectivity index (χ1n) is 10.8. The molecule has 0 unspecified atom stereocenters. The number of ketones is 1. The van der Waals surface area contributed by atoms with Gasteiger partial charge in [0.1, 0.15) is 5.75 Å². The minimum Gasteiger partial charge on any atom is -0.503 e. The topological polar surface area (TPSA) is 70.1 Å². The molecule has 2 aromatic rings. The summed E-state index contributed by atoms with van der Waals surface area (Å²) in [6, 6.07) is 10.3. The second kappa shape index (κ2) is 10.6. The first-order valence-corrected chi connectivity index (χ1v) is 11.7. The molecule has 0 aliphatic carbocycles. The molecule has 1 aliphatic heterocycles. The van der Waals surface area contributed by atoms with E-state index in [0.717, 1.165) is 30.8 Å². The number of likely N-dealkylation sites (N-methyl/N-ethyl adjacent to an activating group) is 1. The number of hydrogen-bond acceptors (Lipinski definition) is 6. The highest BCUT2D eigenvalue weighted by atomic mass is 32.1. The van der Waals surface area contributed by atoms with E-state index >= 15 is 0 Å². The molecule has 166 valence electrons. The van der Waals surface area contributed by atoms with Crippen LogP contribution in [0.25, 0.3) is 0 Å². The SMILES string of the molecule is CCCOc1ccc([C@@H]2C(C(=O)c3cccs3)=C(O)C(=O)N2CCN(CC)CC)cc1. The quantitative estimate of drug-likeness (QED) is 0.521. The van der Waals surface area contributed by atoms with Crippen molar-refractivity contribution in [3.63, 3.8) is 0 Å². The van der Waals surface area contributed by atoms with Gasteiger partial charge in [-0.15, -0.1) is 11.3 Å². The fourth-order valence-electron chi connectivity index (χ4n) is 3.76. The molecule has 0 saturated carbocycles. The Morgan fingerprint density at radius 3 is 2.45 bits per heavy atom. The van der Waals surface area contributed by atoms with E-state index < -0.39 is 17.7 Å². The Hall–Kier alpha value is -2.64. The lowest BCUT2D eigenvalue weighted by atomic mass is 9.95. The van der Waals surface area contributed by atoms with E-state index in [-0.39, 0.29) is 11.4 Å². The largest absolute Gasteiger partial charge is 0.503 e. The Kier molecular flexibility index (Phi) is 7.87. The second-order valence-corrected chi connectivity index (χ2v) is 8.36. The van der Waals surface area contributed by atoms with Crippen LogP contribution in [0.5, 0.6) is 5.75 Å². The third-order valence-electron chi connectivity index (χ3n) is 5.51. The van der Waals surface area contributed by atoms with Gasteiger partial charge >= 0.3 is 0 Å². The van der Waals surface area contributed by atoms with Crippen molar-refractivity contribution in [1.29, 1.82) is 0 Å². The van der Waals surface area contributed by atoms with Crippen LogP contribution in [-0.4, -0.2) is 59.4 Å². The first-order chi connectivity index (χ1) is 15.0. The van der Waals surface area contributed by atoms with E-state index in [1.165, 1.54) is 11.3 Å². The Labute approximate surface area is 187 Å². The zero-order valence-electron chi connectivity index (χ0n) is 18.3. The summed E-state index contributed by atoms with van der Waals surface area (Å²) in [6.45, 7) is 9.64. The second-order valence-electron chi connectivity index (χ2n) is 7.41. The van der Waals surface area contributed by atoms with Gasteiger partial charge in [0.05, 0.1) is 23.1 Å². The summed E-state index contributed by atoms with van der Waals surface area (Å²) in [6.07, 6.45) is 0.911. The summed E-state index contributed by atoms with van der Waals surface area (Å²) in [4.78, 5) is 30.6. The molecule has 1 aliphatic rings. The maximum atomic E-state index is 13.2. The van der Waals surface area contributed by atoms with Crippen molar-refractivity contribution in [3.05, 3.63) is 63.6 Å². The van der Waals surface area contributed by atoms with Crippen LogP contribution in [0.3, 0.4) is 0 Å². The van der Waals surface area contributed by atoms with Gasteiger partial charge in [-0.1, -0.05) is 39.0 Å². The third kappa shape index (κ3) is 4.99. The number of rotatable bonds is 11. The molecule has 31 heavy (non-hydrogen) atoms. The highest BCUT2D eigenvalue weighted by Crippen LogP contribution is 2.39. The van der Waals surface area contributed by atoms with Crippen molar-refractivity contribution in [1.82, 2.24) is 9.80 Å². The van der Waals surface area contributed by atoms with Crippen LogP contribution in [-0.2, 0) is 4.79 Å². The number of benzene rings is 1. The zero-order chi connectivity index (χ0) is 22.4.